The largest absolute Gasteiger partial charge is 0.378 e. The Morgan fingerprint density at radius 2 is 1.88 bits per heavy atom. The molecule has 0 atom stereocenters. The van der Waals surface area contributed by atoms with Gasteiger partial charge in [-0.3, -0.25) is 4.72 Å². The van der Waals surface area contributed by atoms with Gasteiger partial charge in [-0.1, -0.05) is 23.7 Å². The number of rotatable bonds is 5. The van der Waals surface area contributed by atoms with Gasteiger partial charge in [0, 0.05) is 30.4 Å². The number of hydrogen-bond donors (Lipinski definition) is 1. The maximum Gasteiger partial charge on any atom is 0.232 e. The molecule has 0 radical (unpaired) electrons. The first kappa shape index (κ1) is 17.9. The lowest BCUT2D eigenvalue weighted by atomic mass is 10.1. The number of anilines is 2. The molecule has 0 spiro atoms. The van der Waals surface area contributed by atoms with Crippen molar-refractivity contribution in [2.45, 2.75) is 6.92 Å². The Kier molecular flexibility index (Phi) is 5.41. The highest BCUT2D eigenvalue weighted by Gasteiger charge is 2.16. The fraction of sp³-hybridized carbons (Fsp3) is 0.375. The quantitative estimate of drug-likeness (QED) is 0.799. The highest BCUT2D eigenvalue weighted by Crippen LogP contribution is 2.25. The summed E-state index contributed by atoms with van der Waals surface area (Å²) in [5.74, 6) is 0.598. The monoisotopic (exact) mass is 382 g/mol. The molecule has 1 fully saturated rings. The predicted molar refractivity (Wildman–Crippen MR) is 98.6 cm³/mol. The molecule has 1 N–H and O–H groups in total. The normalized spacial score (nSPS) is 15.2. The molecule has 0 saturated carbocycles. The molecule has 7 nitrogen and oxygen atoms in total. The van der Waals surface area contributed by atoms with E-state index >= 15 is 0 Å². The van der Waals surface area contributed by atoms with Crippen molar-refractivity contribution in [1.82, 2.24) is 9.97 Å². The smallest absolute Gasteiger partial charge is 0.232 e. The molecule has 1 aromatic carbocycles. The van der Waals surface area contributed by atoms with E-state index in [1.807, 2.05) is 4.90 Å². The molecule has 0 aliphatic carbocycles. The Balaban J connectivity index is 1.85. The van der Waals surface area contributed by atoms with Crippen LogP contribution in [0, 0.1) is 0 Å². The third kappa shape index (κ3) is 4.59. The van der Waals surface area contributed by atoms with Crippen molar-refractivity contribution in [3.8, 4) is 11.3 Å². The maximum atomic E-state index is 11.6. The molecular formula is C16H19ClN4O3S. The van der Waals surface area contributed by atoms with Crippen LogP contribution in [0.25, 0.3) is 11.3 Å². The number of benzene rings is 1. The van der Waals surface area contributed by atoms with Gasteiger partial charge in [0.2, 0.25) is 16.0 Å². The van der Waals surface area contributed by atoms with Crippen LogP contribution in [0.3, 0.4) is 0 Å². The van der Waals surface area contributed by atoms with Crippen molar-refractivity contribution in [2.24, 2.45) is 0 Å². The van der Waals surface area contributed by atoms with E-state index in [-0.39, 0.29) is 5.75 Å². The van der Waals surface area contributed by atoms with Crippen molar-refractivity contribution >= 4 is 33.3 Å². The fourth-order valence-corrected chi connectivity index (χ4v) is 3.24. The van der Waals surface area contributed by atoms with Crippen LogP contribution in [-0.4, -0.2) is 50.4 Å². The predicted octanol–water partition coefficient (Wildman–Crippen LogP) is 2.40. The van der Waals surface area contributed by atoms with Crippen LogP contribution in [-0.2, 0) is 14.8 Å². The average Bonchev–Trinajstić information content (AvgIpc) is 2.62. The second-order valence-electron chi connectivity index (χ2n) is 5.56. The van der Waals surface area contributed by atoms with E-state index in [1.165, 1.54) is 0 Å². The van der Waals surface area contributed by atoms with Crippen LogP contribution < -0.4 is 9.62 Å². The Labute approximate surface area is 152 Å². The molecule has 1 aliphatic heterocycles. The van der Waals surface area contributed by atoms with Crippen LogP contribution in [0.4, 0.5) is 11.6 Å². The van der Waals surface area contributed by atoms with E-state index in [1.54, 1.807) is 37.3 Å². The number of nitrogens with one attached hydrogen (secondary N) is 1. The fourth-order valence-electron chi connectivity index (χ4n) is 2.42. The van der Waals surface area contributed by atoms with Gasteiger partial charge in [0.15, 0.2) is 0 Å². The number of sulfonamides is 1. The zero-order valence-electron chi connectivity index (χ0n) is 13.8. The molecule has 1 aromatic heterocycles. The topological polar surface area (TPSA) is 84.4 Å². The first-order chi connectivity index (χ1) is 12.0. The van der Waals surface area contributed by atoms with E-state index in [4.69, 9.17) is 16.3 Å². The molecule has 1 aliphatic rings. The van der Waals surface area contributed by atoms with Gasteiger partial charge < -0.3 is 9.64 Å². The van der Waals surface area contributed by atoms with Crippen LogP contribution in [0.2, 0.25) is 5.15 Å². The minimum atomic E-state index is -3.29. The number of nitrogens with zero attached hydrogens (tertiary/aromatic N) is 3. The number of halogens is 1. The summed E-state index contributed by atoms with van der Waals surface area (Å²) in [5, 5.41) is 0.363. The maximum absolute atomic E-state index is 11.6. The third-order valence-electron chi connectivity index (χ3n) is 3.81. The van der Waals surface area contributed by atoms with E-state index < -0.39 is 10.0 Å². The van der Waals surface area contributed by atoms with Gasteiger partial charge in [-0.25, -0.2) is 18.4 Å². The Bertz CT molecular complexity index is 837. The first-order valence-corrected chi connectivity index (χ1v) is 9.98. The van der Waals surface area contributed by atoms with Crippen LogP contribution in [0.15, 0.2) is 30.3 Å². The number of morpholine rings is 1. The lowest BCUT2D eigenvalue weighted by Crippen LogP contribution is -2.37. The zero-order chi connectivity index (χ0) is 17.9. The summed E-state index contributed by atoms with van der Waals surface area (Å²) in [6.07, 6.45) is 0. The van der Waals surface area contributed by atoms with Gasteiger partial charge in [0.25, 0.3) is 0 Å². The molecule has 0 bridgehead atoms. The van der Waals surface area contributed by atoms with Gasteiger partial charge >= 0.3 is 0 Å². The lowest BCUT2D eigenvalue weighted by Gasteiger charge is -2.27. The van der Waals surface area contributed by atoms with Crippen LogP contribution >= 0.6 is 11.6 Å². The molecule has 9 heteroatoms. The van der Waals surface area contributed by atoms with E-state index in [2.05, 4.69) is 14.7 Å². The zero-order valence-corrected chi connectivity index (χ0v) is 15.3. The molecule has 0 unspecified atom stereocenters. The molecule has 2 aromatic rings. The third-order valence-corrected chi connectivity index (χ3v) is 5.31. The molecule has 0 amide bonds. The van der Waals surface area contributed by atoms with Gasteiger partial charge in [-0.15, -0.1) is 0 Å². The molecule has 1 saturated heterocycles. The summed E-state index contributed by atoms with van der Waals surface area (Å²) in [7, 11) is -3.29. The molecule has 3 rings (SSSR count). The van der Waals surface area contributed by atoms with Crippen molar-refractivity contribution in [3.05, 3.63) is 35.5 Å². The average molecular weight is 383 g/mol. The minimum Gasteiger partial charge on any atom is -0.378 e. The number of aromatic nitrogens is 2. The van der Waals surface area contributed by atoms with Gasteiger partial charge in [0.05, 0.1) is 24.7 Å². The minimum absolute atomic E-state index is 0.0270. The van der Waals surface area contributed by atoms with Gasteiger partial charge in [-0.05, 0) is 19.1 Å². The summed E-state index contributed by atoms with van der Waals surface area (Å²) in [5.41, 5.74) is 2.03. The highest BCUT2D eigenvalue weighted by atomic mass is 35.5. The summed E-state index contributed by atoms with van der Waals surface area (Å²) < 4.78 is 31.1. The van der Waals surface area contributed by atoms with E-state index in [9.17, 15) is 8.42 Å². The highest BCUT2D eigenvalue weighted by molar-refractivity contribution is 7.92. The number of hydrogen-bond acceptors (Lipinski definition) is 6. The Morgan fingerprint density at radius 3 is 2.52 bits per heavy atom. The Hall–Kier alpha value is -1.90. The molecule has 134 valence electrons. The summed E-state index contributed by atoms with van der Waals surface area (Å²) in [6.45, 7) is 4.30. The molecule has 2 heterocycles. The van der Waals surface area contributed by atoms with Gasteiger partial charge in [0.1, 0.15) is 5.15 Å². The summed E-state index contributed by atoms with van der Waals surface area (Å²) >= 11 is 6.16. The molecule has 25 heavy (non-hydrogen) atoms. The second-order valence-corrected chi connectivity index (χ2v) is 7.96. The summed E-state index contributed by atoms with van der Waals surface area (Å²) in [6, 6.07) is 8.70. The number of ether oxygens (including phenoxy) is 1. The first-order valence-electron chi connectivity index (χ1n) is 7.95. The standard InChI is InChI=1S/C16H19ClN4O3S/c1-2-25(22,23)20-13-5-3-12(4-6-13)14-11-15(17)19-16(18-14)21-7-9-24-10-8-21/h3-6,11,20H,2,7-10H2,1H3. The molecular weight excluding hydrogens is 364 g/mol. The second kappa shape index (κ2) is 7.55. The van der Waals surface area contributed by atoms with Crippen molar-refractivity contribution < 1.29 is 13.2 Å². The van der Waals surface area contributed by atoms with Crippen LogP contribution in [0.5, 0.6) is 0 Å². The lowest BCUT2D eigenvalue weighted by molar-refractivity contribution is 0.122. The van der Waals surface area contributed by atoms with E-state index in [0.717, 1.165) is 18.7 Å². The van der Waals surface area contributed by atoms with Crippen LogP contribution in [0.1, 0.15) is 6.92 Å². The van der Waals surface area contributed by atoms with Crippen molar-refractivity contribution in [1.29, 1.82) is 0 Å². The Morgan fingerprint density at radius 1 is 1.20 bits per heavy atom. The van der Waals surface area contributed by atoms with E-state index in [0.29, 0.717) is 35.7 Å². The SMILES string of the molecule is CCS(=O)(=O)Nc1ccc(-c2cc(Cl)nc(N3CCOCC3)n2)cc1. The van der Waals surface area contributed by atoms with Crippen molar-refractivity contribution in [3.63, 3.8) is 0 Å². The van der Waals surface area contributed by atoms with Crippen molar-refractivity contribution in [2.75, 3.05) is 41.7 Å². The summed E-state index contributed by atoms with van der Waals surface area (Å²) in [4.78, 5) is 10.9. The van der Waals surface area contributed by atoms with Gasteiger partial charge in [-0.2, -0.15) is 0 Å².